The Hall–Kier alpha value is -4.53. The number of urea groups is 1. The molecule has 4 rings (SSSR count). The van der Waals surface area contributed by atoms with Crippen molar-refractivity contribution in [3.8, 4) is 17.2 Å². The molecular formula is C24H22N4O5. The molecule has 0 aliphatic carbocycles. The Labute approximate surface area is 189 Å². The van der Waals surface area contributed by atoms with Crippen molar-refractivity contribution in [2.75, 3.05) is 24.9 Å². The lowest BCUT2D eigenvalue weighted by atomic mass is 10.2. The molecule has 0 unspecified atom stereocenters. The van der Waals surface area contributed by atoms with Crippen LogP contribution in [0, 0.1) is 0 Å². The number of nitrogens with zero attached hydrogens (tertiary/aromatic N) is 2. The Morgan fingerprint density at radius 1 is 0.909 bits per heavy atom. The van der Waals surface area contributed by atoms with Gasteiger partial charge in [-0.1, -0.05) is 18.2 Å². The van der Waals surface area contributed by atoms with E-state index in [1.165, 1.54) is 17.6 Å². The number of anilines is 2. The van der Waals surface area contributed by atoms with Gasteiger partial charge in [0.15, 0.2) is 11.5 Å². The van der Waals surface area contributed by atoms with E-state index in [0.29, 0.717) is 40.0 Å². The van der Waals surface area contributed by atoms with E-state index in [1.54, 1.807) is 67.9 Å². The highest BCUT2D eigenvalue weighted by molar-refractivity contribution is 6.00. The number of aromatic nitrogens is 2. The Balaban J connectivity index is 1.45. The van der Waals surface area contributed by atoms with Gasteiger partial charge in [-0.25, -0.2) is 9.78 Å². The van der Waals surface area contributed by atoms with Crippen LogP contribution in [-0.2, 0) is 6.61 Å². The minimum atomic E-state index is -0.458. The highest BCUT2D eigenvalue weighted by Gasteiger charge is 2.11. The first kappa shape index (κ1) is 21.7. The predicted octanol–water partition coefficient (Wildman–Crippen LogP) is 3.93. The van der Waals surface area contributed by atoms with Crippen molar-refractivity contribution in [2.45, 2.75) is 6.61 Å². The topological polar surface area (TPSA) is 103 Å². The summed E-state index contributed by atoms with van der Waals surface area (Å²) in [5, 5.41) is 5.52. The van der Waals surface area contributed by atoms with E-state index in [4.69, 9.17) is 14.2 Å². The van der Waals surface area contributed by atoms with Crippen molar-refractivity contribution in [2.24, 2.45) is 0 Å². The zero-order valence-electron chi connectivity index (χ0n) is 18.1. The maximum Gasteiger partial charge on any atom is 0.323 e. The molecule has 2 heterocycles. The summed E-state index contributed by atoms with van der Waals surface area (Å²) in [5.74, 6) is 1.50. The summed E-state index contributed by atoms with van der Waals surface area (Å²) < 4.78 is 17.8. The number of pyridine rings is 1. The van der Waals surface area contributed by atoms with Crippen LogP contribution < -0.4 is 30.4 Å². The number of nitrogens with one attached hydrogen (secondary N) is 2. The Bertz CT molecular complexity index is 1350. The molecule has 0 spiro atoms. The number of para-hydroxylation sites is 2. The van der Waals surface area contributed by atoms with Gasteiger partial charge in [-0.15, -0.1) is 0 Å². The molecule has 168 valence electrons. The van der Waals surface area contributed by atoms with Crippen molar-refractivity contribution in [3.63, 3.8) is 0 Å². The van der Waals surface area contributed by atoms with Crippen LogP contribution in [0.2, 0.25) is 0 Å². The van der Waals surface area contributed by atoms with E-state index >= 15 is 0 Å². The van der Waals surface area contributed by atoms with E-state index in [-0.39, 0.29) is 12.2 Å². The quantitative estimate of drug-likeness (QED) is 0.446. The van der Waals surface area contributed by atoms with Crippen LogP contribution in [0.5, 0.6) is 17.2 Å². The summed E-state index contributed by atoms with van der Waals surface area (Å²) in [6, 6.07) is 18.3. The average molecular weight is 446 g/mol. The number of amides is 2. The Morgan fingerprint density at radius 2 is 1.70 bits per heavy atom. The second-order valence-corrected chi connectivity index (χ2v) is 6.95. The summed E-state index contributed by atoms with van der Waals surface area (Å²) in [7, 11) is 3.06. The number of carbonyl (C=O) groups is 1. The van der Waals surface area contributed by atoms with E-state index in [9.17, 15) is 9.59 Å². The lowest BCUT2D eigenvalue weighted by Crippen LogP contribution is -2.20. The maximum absolute atomic E-state index is 12.5. The van der Waals surface area contributed by atoms with Crippen LogP contribution in [0.1, 0.15) is 5.69 Å². The predicted molar refractivity (Wildman–Crippen MR) is 124 cm³/mol. The van der Waals surface area contributed by atoms with Crippen molar-refractivity contribution in [3.05, 3.63) is 89.0 Å². The van der Waals surface area contributed by atoms with Gasteiger partial charge in [-0.3, -0.25) is 9.20 Å². The van der Waals surface area contributed by atoms with Gasteiger partial charge in [0.05, 0.1) is 25.6 Å². The molecule has 0 aliphatic rings. The minimum Gasteiger partial charge on any atom is -0.493 e. The fourth-order valence-corrected chi connectivity index (χ4v) is 3.22. The first-order valence-electron chi connectivity index (χ1n) is 10.1. The molecule has 0 radical (unpaired) electrons. The van der Waals surface area contributed by atoms with Crippen LogP contribution >= 0.6 is 0 Å². The number of benzene rings is 2. The van der Waals surface area contributed by atoms with Gasteiger partial charge in [0.25, 0.3) is 5.56 Å². The standard InChI is InChI=1S/C24H22N4O5/c1-31-20-11-10-16(13-21(20)32-2)26-24(30)27-18-7-3-4-8-19(18)33-15-17-14-23(29)28-12-6-5-9-22(28)25-17/h3-14H,15H2,1-2H3,(H2,26,27,30). The molecule has 0 saturated heterocycles. The molecule has 2 aromatic carbocycles. The zero-order chi connectivity index (χ0) is 23.2. The van der Waals surface area contributed by atoms with Crippen molar-refractivity contribution < 1.29 is 19.0 Å². The first-order chi connectivity index (χ1) is 16.1. The molecule has 0 saturated carbocycles. The van der Waals surface area contributed by atoms with Crippen LogP contribution in [0.3, 0.4) is 0 Å². The van der Waals surface area contributed by atoms with Gasteiger partial charge >= 0.3 is 6.03 Å². The molecular weight excluding hydrogens is 424 g/mol. The molecule has 4 aromatic rings. The second-order valence-electron chi connectivity index (χ2n) is 6.95. The van der Waals surface area contributed by atoms with E-state index < -0.39 is 6.03 Å². The second kappa shape index (κ2) is 9.73. The largest absolute Gasteiger partial charge is 0.493 e. The summed E-state index contributed by atoms with van der Waals surface area (Å²) in [4.78, 5) is 29.3. The van der Waals surface area contributed by atoms with Crippen LogP contribution in [0.25, 0.3) is 5.65 Å². The lowest BCUT2D eigenvalue weighted by Gasteiger charge is -2.14. The highest BCUT2D eigenvalue weighted by atomic mass is 16.5. The van der Waals surface area contributed by atoms with Crippen LogP contribution in [-0.4, -0.2) is 29.6 Å². The van der Waals surface area contributed by atoms with Crippen LogP contribution in [0.15, 0.2) is 77.7 Å². The lowest BCUT2D eigenvalue weighted by molar-refractivity contribution is 0.261. The summed E-state index contributed by atoms with van der Waals surface area (Å²) in [6.07, 6.45) is 1.66. The molecule has 2 amide bonds. The number of hydrogen-bond acceptors (Lipinski definition) is 6. The molecule has 9 nitrogen and oxygen atoms in total. The highest BCUT2D eigenvalue weighted by Crippen LogP contribution is 2.30. The van der Waals surface area contributed by atoms with Crippen molar-refractivity contribution in [1.29, 1.82) is 0 Å². The fraction of sp³-hybridized carbons (Fsp3) is 0.125. The molecule has 2 N–H and O–H groups in total. The monoisotopic (exact) mass is 446 g/mol. The normalized spacial score (nSPS) is 10.5. The van der Waals surface area contributed by atoms with E-state index in [0.717, 1.165) is 0 Å². The minimum absolute atomic E-state index is 0.0661. The zero-order valence-corrected chi connectivity index (χ0v) is 18.1. The van der Waals surface area contributed by atoms with Gasteiger partial charge in [0, 0.05) is 24.0 Å². The maximum atomic E-state index is 12.5. The van der Waals surface area contributed by atoms with Crippen molar-refractivity contribution >= 4 is 23.1 Å². The number of carbonyl (C=O) groups excluding carboxylic acids is 1. The third-order valence-electron chi connectivity index (χ3n) is 4.78. The number of ether oxygens (including phenoxy) is 3. The summed E-state index contributed by atoms with van der Waals surface area (Å²) in [6.45, 7) is 0.0661. The van der Waals surface area contributed by atoms with Gasteiger partial charge in [0.2, 0.25) is 0 Å². The third kappa shape index (κ3) is 5.04. The average Bonchev–Trinajstić information content (AvgIpc) is 2.83. The van der Waals surface area contributed by atoms with E-state index in [1.807, 2.05) is 6.07 Å². The van der Waals surface area contributed by atoms with Crippen molar-refractivity contribution in [1.82, 2.24) is 9.38 Å². The molecule has 0 fully saturated rings. The Kier molecular flexibility index (Phi) is 6.40. The number of fused-ring (bicyclic) bond motifs is 1. The van der Waals surface area contributed by atoms with Crippen LogP contribution in [0.4, 0.5) is 16.2 Å². The third-order valence-corrected chi connectivity index (χ3v) is 4.78. The molecule has 0 aliphatic heterocycles. The molecule has 0 atom stereocenters. The van der Waals surface area contributed by atoms with Gasteiger partial charge in [-0.05, 0) is 36.4 Å². The molecule has 0 bridgehead atoms. The van der Waals surface area contributed by atoms with Gasteiger partial charge in [0.1, 0.15) is 18.0 Å². The molecule has 33 heavy (non-hydrogen) atoms. The van der Waals surface area contributed by atoms with Gasteiger partial charge < -0.3 is 24.8 Å². The number of rotatable bonds is 7. The SMILES string of the molecule is COc1ccc(NC(=O)Nc2ccccc2OCc2cc(=O)n3ccccc3n2)cc1OC. The molecule has 2 aromatic heterocycles. The fourth-order valence-electron chi connectivity index (χ4n) is 3.22. The summed E-state index contributed by atoms with van der Waals surface area (Å²) in [5.41, 5.74) is 1.82. The molecule has 9 heteroatoms. The summed E-state index contributed by atoms with van der Waals surface area (Å²) >= 11 is 0. The van der Waals surface area contributed by atoms with Gasteiger partial charge in [-0.2, -0.15) is 0 Å². The number of hydrogen-bond donors (Lipinski definition) is 2. The van der Waals surface area contributed by atoms with E-state index in [2.05, 4.69) is 15.6 Å². The smallest absolute Gasteiger partial charge is 0.323 e. The number of methoxy groups -OCH3 is 2. The Morgan fingerprint density at radius 3 is 2.52 bits per heavy atom. The first-order valence-corrected chi connectivity index (χ1v) is 10.1.